The molecule has 158 valence electrons. The number of nitrogens with zero attached hydrogens (tertiary/aromatic N) is 2. The first kappa shape index (κ1) is 20.6. The van der Waals surface area contributed by atoms with Crippen molar-refractivity contribution in [3.8, 4) is 11.4 Å². The molecule has 1 saturated heterocycles. The summed E-state index contributed by atoms with van der Waals surface area (Å²) < 4.78 is 0. The van der Waals surface area contributed by atoms with Gasteiger partial charge >= 0.3 is 0 Å². The molecule has 7 nitrogen and oxygen atoms in total. The Morgan fingerprint density at radius 2 is 2.10 bits per heavy atom. The number of amides is 1. The number of fused-ring (bicyclic) bond motifs is 1. The zero-order valence-electron chi connectivity index (χ0n) is 17.3. The summed E-state index contributed by atoms with van der Waals surface area (Å²) in [7, 11) is 1.65. The molecule has 0 unspecified atom stereocenters. The van der Waals surface area contributed by atoms with Gasteiger partial charge < -0.3 is 20.9 Å². The summed E-state index contributed by atoms with van der Waals surface area (Å²) in [6.07, 6.45) is 4.88. The van der Waals surface area contributed by atoms with Gasteiger partial charge in [-0.3, -0.25) is 4.79 Å². The molecule has 1 aliphatic rings. The molecule has 30 heavy (non-hydrogen) atoms. The molecule has 8 heteroatoms. The number of anilines is 1. The van der Waals surface area contributed by atoms with Crippen molar-refractivity contribution in [2.75, 3.05) is 25.5 Å². The quantitative estimate of drug-likeness (QED) is 0.463. The van der Waals surface area contributed by atoms with E-state index in [1.807, 2.05) is 24.3 Å². The first-order chi connectivity index (χ1) is 14.5. The summed E-state index contributed by atoms with van der Waals surface area (Å²) >= 11 is 6.52. The molecule has 0 radical (unpaired) electrons. The molecular weight excluding hydrogens is 400 g/mol. The van der Waals surface area contributed by atoms with Gasteiger partial charge in [0.25, 0.3) is 0 Å². The van der Waals surface area contributed by atoms with E-state index in [0.29, 0.717) is 23.5 Å². The van der Waals surface area contributed by atoms with E-state index in [1.54, 1.807) is 13.2 Å². The molecule has 0 spiro atoms. The number of benzene rings is 1. The van der Waals surface area contributed by atoms with Crippen LogP contribution in [0.4, 0.5) is 5.69 Å². The van der Waals surface area contributed by atoms with Gasteiger partial charge in [-0.15, -0.1) is 0 Å². The highest BCUT2D eigenvalue weighted by Gasteiger charge is 2.33. The van der Waals surface area contributed by atoms with Crippen molar-refractivity contribution in [2.24, 2.45) is 0 Å². The highest BCUT2D eigenvalue weighted by molar-refractivity contribution is 6.34. The first-order valence-electron chi connectivity index (χ1n) is 10.4. The first-order valence-corrected chi connectivity index (χ1v) is 10.7. The SMILES string of the molecule is CC[C@]1(Nc2c(Cl)cnc3nc(-c4ccc(CCC(=O)NC)cc4)[nH]c23)CCNC1. The molecule has 1 aromatic carbocycles. The molecule has 4 rings (SSSR count). The van der Waals surface area contributed by atoms with Crippen molar-refractivity contribution in [3.63, 3.8) is 0 Å². The zero-order valence-corrected chi connectivity index (χ0v) is 18.1. The third kappa shape index (κ3) is 4.13. The summed E-state index contributed by atoms with van der Waals surface area (Å²) in [5.41, 5.74) is 4.37. The van der Waals surface area contributed by atoms with Gasteiger partial charge in [-0.25, -0.2) is 9.97 Å². The van der Waals surface area contributed by atoms with E-state index < -0.39 is 0 Å². The molecular formula is C22H27ClN6O. The van der Waals surface area contributed by atoms with Crippen LogP contribution in [0.3, 0.4) is 0 Å². The maximum atomic E-state index is 11.4. The lowest BCUT2D eigenvalue weighted by atomic mass is 9.95. The van der Waals surface area contributed by atoms with Crippen LogP contribution in [0.15, 0.2) is 30.5 Å². The zero-order chi connectivity index (χ0) is 21.1. The number of carbonyl (C=O) groups is 1. The number of hydrogen-bond acceptors (Lipinski definition) is 5. The summed E-state index contributed by atoms with van der Waals surface area (Å²) in [5.74, 6) is 0.789. The number of imidazole rings is 1. The van der Waals surface area contributed by atoms with E-state index in [-0.39, 0.29) is 11.4 Å². The topological polar surface area (TPSA) is 94.7 Å². The number of aromatic amines is 1. The van der Waals surface area contributed by atoms with Crippen molar-refractivity contribution in [2.45, 2.75) is 38.1 Å². The Bertz CT molecular complexity index is 1040. The largest absolute Gasteiger partial charge is 0.375 e. The van der Waals surface area contributed by atoms with Gasteiger partial charge in [-0.05, 0) is 31.4 Å². The molecule has 0 aliphatic carbocycles. The molecule has 1 atom stereocenters. The van der Waals surface area contributed by atoms with Crippen molar-refractivity contribution < 1.29 is 4.79 Å². The van der Waals surface area contributed by atoms with E-state index in [0.717, 1.165) is 54.1 Å². The summed E-state index contributed by atoms with van der Waals surface area (Å²) in [4.78, 5) is 23.9. The summed E-state index contributed by atoms with van der Waals surface area (Å²) in [5, 5.41) is 10.3. The molecule has 2 aromatic heterocycles. The second-order valence-electron chi connectivity index (χ2n) is 7.82. The van der Waals surface area contributed by atoms with Crippen LogP contribution in [-0.4, -0.2) is 46.5 Å². The van der Waals surface area contributed by atoms with Gasteiger partial charge in [-0.2, -0.15) is 0 Å². The molecule has 3 heterocycles. The number of carbonyl (C=O) groups excluding carboxylic acids is 1. The van der Waals surface area contributed by atoms with Gasteiger partial charge in [-0.1, -0.05) is 42.8 Å². The van der Waals surface area contributed by atoms with E-state index in [1.165, 1.54) is 0 Å². The van der Waals surface area contributed by atoms with E-state index in [4.69, 9.17) is 11.6 Å². The number of aromatic nitrogens is 3. The highest BCUT2D eigenvalue weighted by atomic mass is 35.5. The third-order valence-corrected chi connectivity index (χ3v) is 6.22. The smallest absolute Gasteiger partial charge is 0.220 e. The number of H-pyrrole nitrogens is 1. The second kappa shape index (κ2) is 8.62. The number of aryl methyl sites for hydroxylation is 1. The fraction of sp³-hybridized carbons (Fsp3) is 0.409. The minimum Gasteiger partial charge on any atom is -0.375 e. The molecule has 3 aromatic rings. The monoisotopic (exact) mass is 426 g/mol. The Morgan fingerprint density at radius 3 is 2.77 bits per heavy atom. The van der Waals surface area contributed by atoms with Gasteiger partial charge in [0, 0.05) is 25.6 Å². The lowest BCUT2D eigenvalue weighted by molar-refractivity contribution is -0.120. The van der Waals surface area contributed by atoms with Crippen LogP contribution in [0.5, 0.6) is 0 Å². The van der Waals surface area contributed by atoms with Crippen LogP contribution < -0.4 is 16.0 Å². The van der Waals surface area contributed by atoms with E-state index >= 15 is 0 Å². The minimum atomic E-state index is -0.0182. The maximum Gasteiger partial charge on any atom is 0.220 e. The second-order valence-corrected chi connectivity index (χ2v) is 8.23. The molecule has 1 fully saturated rings. The molecule has 0 bridgehead atoms. The maximum absolute atomic E-state index is 11.4. The van der Waals surface area contributed by atoms with Gasteiger partial charge in [0.1, 0.15) is 11.3 Å². The lowest BCUT2D eigenvalue weighted by Crippen LogP contribution is -2.39. The average Bonchev–Trinajstić information content (AvgIpc) is 3.42. The Labute approximate surface area is 181 Å². The standard InChI is InChI=1S/C22H27ClN6O/c1-3-22(10-11-25-13-22)29-18-16(23)12-26-21-19(18)27-20(28-21)15-7-4-14(5-8-15)6-9-17(30)24-2/h4-5,7-8,12,25H,3,6,9-11,13H2,1-2H3,(H,24,30)(H2,26,27,28,29)/t22-/m0/s1. The number of rotatable bonds is 7. The molecule has 0 saturated carbocycles. The predicted molar refractivity (Wildman–Crippen MR) is 121 cm³/mol. The normalized spacial score (nSPS) is 18.6. The van der Waals surface area contributed by atoms with Crippen molar-refractivity contribution in [3.05, 3.63) is 41.0 Å². The van der Waals surface area contributed by atoms with Gasteiger partial charge in [0.2, 0.25) is 5.91 Å². The Kier molecular flexibility index (Phi) is 5.92. The van der Waals surface area contributed by atoms with Gasteiger partial charge in [0.15, 0.2) is 5.65 Å². The van der Waals surface area contributed by atoms with Crippen LogP contribution >= 0.6 is 11.6 Å². The van der Waals surface area contributed by atoms with Crippen LogP contribution in [0.1, 0.15) is 31.7 Å². The number of pyridine rings is 1. The van der Waals surface area contributed by atoms with E-state index in [2.05, 4.69) is 37.8 Å². The highest BCUT2D eigenvalue weighted by Crippen LogP contribution is 2.35. The Balaban J connectivity index is 1.61. The van der Waals surface area contributed by atoms with Crippen LogP contribution in [0.25, 0.3) is 22.6 Å². The van der Waals surface area contributed by atoms with E-state index in [9.17, 15) is 4.79 Å². The number of nitrogens with one attached hydrogen (secondary N) is 4. The molecule has 4 N–H and O–H groups in total. The minimum absolute atomic E-state index is 0.0182. The fourth-order valence-corrected chi connectivity index (χ4v) is 4.10. The summed E-state index contributed by atoms with van der Waals surface area (Å²) in [6, 6.07) is 8.09. The Hall–Kier alpha value is -2.64. The van der Waals surface area contributed by atoms with Crippen LogP contribution in [-0.2, 0) is 11.2 Å². The van der Waals surface area contributed by atoms with Crippen molar-refractivity contribution in [1.29, 1.82) is 0 Å². The van der Waals surface area contributed by atoms with Crippen LogP contribution in [0.2, 0.25) is 5.02 Å². The Morgan fingerprint density at radius 1 is 1.30 bits per heavy atom. The third-order valence-electron chi connectivity index (χ3n) is 5.93. The lowest BCUT2D eigenvalue weighted by Gasteiger charge is -2.30. The van der Waals surface area contributed by atoms with Crippen molar-refractivity contribution >= 4 is 34.4 Å². The van der Waals surface area contributed by atoms with Crippen molar-refractivity contribution in [1.82, 2.24) is 25.6 Å². The summed E-state index contributed by atoms with van der Waals surface area (Å²) in [6.45, 7) is 4.09. The molecule has 1 amide bonds. The predicted octanol–water partition coefficient (Wildman–Crippen LogP) is 3.51. The number of halogens is 1. The number of hydrogen-bond donors (Lipinski definition) is 4. The fourth-order valence-electron chi connectivity index (χ4n) is 3.91. The molecule has 1 aliphatic heterocycles. The van der Waals surface area contributed by atoms with Crippen LogP contribution in [0, 0.1) is 0 Å². The van der Waals surface area contributed by atoms with Gasteiger partial charge in [0.05, 0.1) is 22.4 Å². The average molecular weight is 427 g/mol.